The predicted octanol–water partition coefficient (Wildman–Crippen LogP) is 3.14. The Balaban J connectivity index is 2.23. The van der Waals surface area contributed by atoms with E-state index in [9.17, 15) is 0 Å². The first kappa shape index (κ1) is 6.45. The van der Waals surface area contributed by atoms with Crippen molar-refractivity contribution in [2.45, 2.75) is 40.0 Å². The SMILES string of the molecule is CC(C)C1(C)CC2=C1CC2. The van der Waals surface area contributed by atoms with Gasteiger partial charge in [-0.25, -0.2) is 0 Å². The maximum Gasteiger partial charge on any atom is -0.00534 e. The molecule has 0 saturated carbocycles. The van der Waals surface area contributed by atoms with Gasteiger partial charge in [0.15, 0.2) is 0 Å². The Kier molecular flexibility index (Phi) is 1.07. The van der Waals surface area contributed by atoms with Crippen molar-refractivity contribution < 1.29 is 0 Å². The van der Waals surface area contributed by atoms with Crippen LogP contribution in [0.1, 0.15) is 40.0 Å². The summed E-state index contributed by atoms with van der Waals surface area (Å²) in [6, 6.07) is 0. The second kappa shape index (κ2) is 1.66. The van der Waals surface area contributed by atoms with Crippen LogP contribution >= 0.6 is 0 Å². The minimum Gasteiger partial charge on any atom is -0.0692 e. The van der Waals surface area contributed by atoms with E-state index in [1.54, 1.807) is 5.57 Å². The van der Waals surface area contributed by atoms with Crippen LogP contribution in [0.5, 0.6) is 0 Å². The summed E-state index contributed by atoms with van der Waals surface area (Å²) in [7, 11) is 0. The fourth-order valence-corrected chi connectivity index (χ4v) is 2.31. The molecule has 10 heavy (non-hydrogen) atoms. The standard InChI is InChI=1S/C10H16/c1-7(2)10(3)6-8-4-5-9(8)10/h7H,4-6H2,1-3H3. The van der Waals surface area contributed by atoms with Crippen LogP contribution in [0.15, 0.2) is 11.1 Å². The molecule has 2 aliphatic rings. The molecule has 0 spiro atoms. The largest absolute Gasteiger partial charge is 0.0692 e. The van der Waals surface area contributed by atoms with Gasteiger partial charge in [-0.1, -0.05) is 31.9 Å². The quantitative estimate of drug-likeness (QED) is 0.486. The third-order valence-corrected chi connectivity index (χ3v) is 3.65. The van der Waals surface area contributed by atoms with Crippen molar-refractivity contribution in [1.82, 2.24) is 0 Å². The minimum absolute atomic E-state index is 0.619. The minimum atomic E-state index is 0.619. The van der Waals surface area contributed by atoms with Gasteiger partial charge in [0.05, 0.1) is 0 Å². The summed E-state index contributed by atoms with van der Waals surface area (Å²) in [6.07, 6.45) is 4.22. The summed E-state index contributed by atoms with van der Waals surface area (Å²) >= 11 is 0. The summed E-state index contributed by atoms with van der Waals surface area (Å²) in [5.74, 6) is 0.853. The Labute approximate surface area is 63.3 Å². The lowest BCUT2D eigenvalue weighted by molar-refractivity contribution is 0.194. The molecular weight excluding hydrogens is 120 g/mol. The number of rotatable bonds is 1. The normalized spacial score (nSPS) is 37.2. The van der Waals surface area contributed by atoms with Crippen LogP contribution in [0.25, 0.3) is 0 Å². The van der Waals surface area contributed by atoms with Crippen molar-refractivity contribution in [1.29, 1.82) is 0 Å². The lowest BCUT2D eigenvalue weighted by Gasteiger charge is -2.52. The Morgan fingerprint density at radius 2 is 2.00 bits per heavy atom. The molecule has 0 N–H and O–H groups in total. The van der Waals surface area contributed by atoms with E-state index in [-0.39, 0.29) is 0 Å². The molecule has 0 nitrogen and oxygen atoms in total. The lowest BCUT2D eigenvalue weighted by Crippen LogP contribution is -2.40. The van der Waals surface area contributed by atoms with Gasteiger partial charge in [-0.15, -0.1) is 0 Å². The Morgan fingerprint density at radius 1 is 1.30 bits per heavy atom. The van der Waals surface area contributed by atoms with Gasteiger partial charge in [0.25, 0.3) is 0 Å². The molecule has 0 aliphatic heterocycles. The highest BCUT2D eigenvalue weighted by Gasteiger charge is 2.46. The van der Waals surface area contributed by atoms with E-state index < -0.39 is 0 Å². The van der Waals surface area contributed by atoms with E-state index in [4.69, 9.17) is 0 Å². The summed E-state index contributed by atoms with van der Waals surface area (Å²) in [4.78, 5) is 0. The van der Waals surface area contributed by atoms with Crippen LogP contribution in [-0.2, 0) is 0 Å². The van der Waals surface area contributed by atoms with Crippen LogP contribution in [0.3, 0.4) is 0 Å². The molecule has 0 fully saturated rings. The van der Waals surface area contributed by atoms with E-state index >= 15 is 0 Å². The topological polar surface area (TPSA) is 0 Å². The fourth-order valence-electron chi connectivity index (χ4n) is 2.31. The summed E-state index contributed by atoms with van der Waals surface area (Å²) in [5, 5.41) is 0. The van der Waals surface area contributed by atoms with Crippen molar-refractivity contribution in [2.75, 3.05) is 0 Å². The van der Waals surface area contributed by atoms with Crippen molar-refractivity contribution in [2.24, 2.45) is 11.3 Å². The molecule has 0 radical (unpaired) electrons. The summed E-state index contributed by atoms with van der Waals surface area (Å²) in [5.41, 5.74) is 4.21. The molecule has 0 heteroatoms. The van der Waals surface area contributed by atoms with Crippen LogP contribution in [0, 0.1) is 11.3 Å². The van der Waals surface area contributed by atoms with Crippen LogP contribution in [0.2, 0.25) is 0 Å². The van der Waals surface area contributed by atoms with E-state index in [0.717, 1.165) is 5.92 Å². The maximum absolute atomic E-state index is 2.43. The fraction of sp³-hybridized carbons (Fsp3) is 0.800. The van der Waals surface area contributed by atoms with Crippen LogP contribution in [-0.4, -0.2) is 0 Å². The van der Waals surface area contributed by atoms with Crippen molar-refractivity contribution in [3.8, 4) is 0 Å². The Bertz CT molecular complexity index is 198. The van der Waals surface area contributed by atoms with Crippen molar-refractivity contribution >= 4 is 0 Å². The molecule has 1 atom stereocenters. The number of hydrogen-bond donors (Lipinski definition) is 0. The van der Waals surface area contributed by atoms with Gasteiger partial charge < -0.3 is 0 Å². The third-order valence-electron chi connectivity index (χ3n) is 3.65. The van der Waals surface area contributed by atoms with E-state index in [2.05, 4.69) is 20.8 Å². The zero-order valence-electron chi connectivity index (χ0n) is 7.20. The van der Waals surface area contributed by atoms with Crippen LogP contribution in [0.4, 0.5) is 0 Å². The van der Waals surface area contributed by atoms with Gasteiger partial charge >= 0.3 is 0 Å². The molecule has 0 aromatic carbocycles. The molecular formula is C10H16. The molecule has 0 saturated heterocycles. The Morgan fingerprint density at radius 3 is 2.10 bits per heavy atom. The van der Waals surface area contributed by atoms with Gasteiger partial charge in [-0.2, -0.15) is 0 Å². The molecule has 0 aromatic rings. The Hall–Kier alpha value is -0.260. The molecule has 2 aliphatic carbocycles. The number of hydrogen-bond acceptors (Lipinski definition) is 0. The average Bonchev–Trinajstić information content (AvgIpc) is 1.81. The van der Waals surface area contributed by atoms with Crippen LogP contribution < -0.4 is 0 Å². The molecule has 0 bridgehead atoms. The smallest absolute Gasteiger partial charge is 0.00534 e. The third kappa shape index (κ3) is 0.531. The zero-order chi connectivity index (χ0) is 7.35. The first-order chi connectivity index (χ1) is 4.64. The van der Waals surface area contributed by atoms with Gasteiger partial charge in [0.1, 0.15) is 0 Å². The van der Waals surface area contributed by atoms with E-state index in [1.165, 1.54) is 19.3 Å². The lowest BCUT2D eigenvalue weighted by atomic mass is 9.52. The molecule has 0 heterocycles. The second-order valence-electron chi connectivity index (χ2n) is 4.33. The molecule has 1 unspecified atom stereocenters. The van der Waals surface area contributed by atoms with Crippen molar-refractivity contribution in [3.63, 3.8) is 0 Å². The van der Waals surface area contributed by atoms with E-state index in [1.807, 2.05) is 5.57 Å². The van der Waals surface area contributed by atoms with Crippen molar-refractivity contribution in [3.05, 3.63) is 11.1 Å². The predicted molar refractivity (Wildman–Crippen MR) is 43.8 cm³/mol. The average molecular weight is 136 g/mol. The molecule has 56 valence electrons. The maximum atomic E-state index is 2.43. The van der Waals surface area contributed by atoms with Gasteiger partial charge in [-0.3, -0.25) is 0 Å². The molecule has 0 amide bonds. The van der Waals surface area contributed by atoms with E-state index in [0.29, 0.717) is 5.41 Å². The molecule has 0 aromatic heterocycles. The highest BCUT2D eigenvalue weighted by molar-refractivity contribution is 5.41. The second-order valence-corrected chi connectivity index (χ2v) is 4.33. The first-order valence-electron chi connectivity index (χ1n) is 4.36. The molecule has 2 rings (SSSR count). The zero-order valence-corrected chi connectivity index (χ0v) is 7.20. The van der Waals surface area contributed by atoms with Gasteiger partial charge in [-0.05, 0) is 30.6 Å². The van der Waals surface area contributed by atoms with Gasteiger partial charge in [0.2, 0.25) is 0 Å². The van der Waals surface area contributed by atoms with Gasteiger partial charge in [0, 0.05) is 0 Å². The first-order valence-corrected chi connectivity index (χ1v) is 4.36. The highest BCUT2D eigenvalue weighted by Crippen LogP contribution is 2.59. The summed E-state index contributed by atoms with van der Waals surface area (Å²) < 4.78 is 0. The monoisotopic (exact) mass is 136 g/mol. The summed E-state index contributed by atoms with van der Waals surface area (Å²) in [6.45, 7) is 7.12. The number of allylic oxidation sites excluding steroid dienone is 2. The highest BCUT2D eigenvalue weighted by atomic mass is 14.5.